The van der Waals surface area contributed by atoms with E-state index in [1.165, 1.54) is 25.3 Å². The first-order valence-electron chi connectivity index (χ1n) is 14.0. The fourth-order valence-corrected chi connectivity index (χ4v) is 7.99. The zero-order valence-electron chi connectivity index (χ0n) is 22.1. The number of hydrogen-bond donors (Lipinski definition) is 0. The number of hydrogen-bond acceptors (Lipinski definition) is 5. The number of likely N-dealkylation sites (tertiary alicyclic amines) is 1. The molecule has 5 atom stereocenters. The number of ether oxygens (including phenoxy) is 2. The van der Waals surface area contributed by atoms with Crippen molar-refractivity contribution in [1.82, 2.24) is 9.80 Å². The smallest absolute Gasteiger partial charge is 0.308 e. The third kappa shape index (κ3) is 3.66. The number of carbonyl (C=O) groups is 2. The van der Waals surface area contributed by atoms with Gasteiger partial charge < -0.3 is 14.4 Å². The molecule has 0 aromatic heterocycles. The van der Waals surface area contributed by atoms with Gasteiger partial charge in [0.2, 0.25) is 0 Å². The number of benzene rings is 2. The molecule has 3 aliphatic carbocycles. The summed E-state index contributed by atoms with van der Waals surface area (Å²) >= 11 is 0. The molecule has 2 aliphatic heterocycles. The highest BCUT2D eigenvalue weighted by molar-refractivity contribution is 5.94. The molecular weight excluding hydrogens is 476 g/mol. The second-order valence-corrected chi connectivity index (χ2v) is 11.8. The SMILES string of the molecule is CC(=O)Oc1ccc2c3c1C[C@@H]1[C@@H]4CC[C@@H](N(C)C(=O)C#Cc5ccccc5)[C@H](O2)[C@]34CCN1CC1CC1. The maximum absolute atomic E-state index is 13.3. The quantitative estimate of drug-likeness (QED) is 0.354. The van der Waals surface area contributed by atoms with Crippen LogP contribution < -0.4 is 9.47 Å². The predicted molar refractivity (Wildman–Crippen MR) is 143 cm³/mol. The maximum Gasteiger partial charge on any atom is 0.308 e. The minimum absolute atomic E-state index is 0.0602. The molecule has 1 spiro atoms. The zero-order chi connectivity index (χ0) is 26.0. The van der Waals surface area contributed by atoms with Gasteiger partial charge in [-0.2, -0.15) is 0 Å². The monoisotopic (exact) mass is 510 g/mol. The molecule has 2 heterocycles. The fraction of sp³-hybridized carbons (Fsp3) is 0.500. The van der Waals surface area contributed by atoms with Gasteiger partial charge in [-0.05, 0) is 81.2 Å². The molecule has 6 nitrogen and oxygen atoms in total. The molecule has 196 valence electrons. The summed E-state index contributed by atoms with van der Waals surface area (Å²) < 4.78 is 12.6. The van der Waals surface area contributed by atoms with E-state index in [9.17, 15) is 9.59 Å². The topological polar surface area (TPSA) is 59.1 Å². The lowest BCUT2D eigenvalue weighted by molar-refractivity contribution is -0.135. The predicted octanol–water partition coefficient (Wildman–Crippen LogP) is 3.94. The largest absolute Gasteiger partial charge is 0.487 e. The van der Waals surface area contributed by atoms with Gasteiger partial charge in [-0.15, -0.1) is 0 Å². The van der Waals surface area contributed by atoms with Crippen LogP contribution in [0.2, 0.25) is 0 Å². The first kappa shape index (κ1) is 23.8. The van der Waals surface area contributed by atoms with Crippen LogP contribution in [0.3, 0.4) is 0 Å². The molecule has 2 bridgehead atoms. The number of likely N-dealkylation sites (N-methyl/N-ethyl adjacent to an activating group) is 1. The van der Waals surface area contributed by atoms with Crippen LogP contribution in [0.1, 0.15) is 55.7 Å². The van der Waals surface area contributed by atoms with E-state index in [4.69, 9.17) is 9.47 Å². The van der Waals surface area contributed by atoms with Gasteiger partial charge in [-0.1, -0.05) is 24.1 Å². The van der Waals surface area contributed by atoms with Gasteiger partial charge in [0.25, 0.3) is 5.91 Å². The number of rotatable bonds is 4. The Hall–Kier alpha value is -3.30. The molecular formula is C32H34N2O4. The highest BCUT2D eigenvalue weighted by Gasteiger charge is 2.66. The number of esters is 1. The number of piperidine rings is 1. The average molecular weight is 511 g/mol. The second-order valence-electron chi connectivity index (χ2n) is 11.8. The zero-order valence-corrected chi connectivity index (χ0v) is 22.1. The van der Waals surface area contributed by atoms with Crippen molar-refractivity contribution in [3.05, 3.63) is 59.2 Å². The van der Waals surface area contributed by atoms with Gasteiger partial charge in [0.1, 0.15) is 17.6 Å². The summed E-state index contributed by atoms with van der Waals surface area (Å²) in [4.78, 5) is 29.8. The summed E-state index contributed by atoms with van der Waals surface area (Å²) in [6.07, 6.45) is 6.40. The van der Waals surface area contributed by atoms with Crippen molar-refractivity contribution in [3.63, 3.8) is 0 Å². The first-order chi connectivity index (χ1) is 18.5. The van der Waals surface area contributed by atoms with Crippen molar-refractivity contribution >= 4 is 11.9 Å². The van der Waals surface area contributed by atoms with Crippen LogP contribution in [0.15, 0.2) is 42.5 Å². The fourth-order valence-electron chi connectivity index (χ4n) is 7.99. The van der Waals surface area contributed by atoms with E-state index in [0.29, 0.717) is 17.7 Å². The Bertz CT molecular complexity index is 1360. The summed E-state index contributed by atoms with van der Waals surface area (Å²) in [7, 11) is 1.88. The Kier molecular flexibility index (Phi) is 5.56. The lowest BCUT2D eigenvalue weighted by Gasteiger charge is -2.60. The van der Waals surface area contributed by atoms with Crippen molar-refractivity contribution < 1.29 is 19.1 Å². The summed E-state index contributed by atoms with van der Waals surface area (Å²) in [6.45, 7) is 3.68. The average Bonchev–Trinajstić information content (AvgIpc) is 3.67. The summed E-state index contributed by atoms with van der Waals surface area (Å²) in [5.74, 6) is 8.31. The molecule has 1 amide bonds. The van der Waals surface area contributed by atoms with Crippen LogP contribution in [0, 0.1) is 23.7 Å². The molecule has 1 saturated heterocycles. The van der Waals surface area contributed by atoms with Crippen molar-refractivity contribution in [2.45, 2.75) is 69.1 Å². The Balaban J connectivity index is 1.26. The Morgan fingerprint density at radius 2 is 1.95 bits per heavy atom. The van der Waals surface area contributed by atoms with Crippen LogP contribution >= 0.6 is 0 Å². The van der Waals surface area contributed by atoms with E-state index >= 15 is 0 Å². The Labute approximate surface area is 224 Å². The summed E-state index contributed by atoms with van der Waals surface area (Å²) in [5.41, 5.74) is 3.05. The van der Waals surface area contributed by atoms with Crippen molar-refractivity contribution in [3.8, 4) is 23.3 Å². The van der Waals surface area contributed by atoms with Gasteiger partial charge in [-0.3, -0.25) is 14.5 Å². The Morgan fingerprint density at radius 1 is 1.13 bits per heavy atom. The lowest BCUT2D eigenvalue weighted by Crippen LogP contribution is -2.69. The van der Waals surface area contributed by atoms with E-state index in [1.54, 1.807) is 0 Å². The lowest BCUT2D eigenvalue weighted by atomic mass is 9.51. The van der Waals surface area contributed by atoms with E-state index in [1.807, 2.05) is 54.4 Å². The summed E-state index contributed by atoms with van der Waals surface area (Å²) in [5, 5.41) is 0. The maximum atomic E-state index is 13.3. The van der Waals surface area contributed by atoms with Crippen LogP contribution in [0.4, 0.5) is 0 Å². The van der Waals surface area contributed by atoms with Crippen LogP contribution in [0.25, 0.3) is 0 Å². The van der Waals surface area contributed by atoms with Gasteiger partial charge in [-0.25, -0.2) is 0 Å². The van der Waals surface area contributed by atoms with Crippen LogP contribution in [-0.2, 0) is 21.4 Å². The molecule has 3 fully saturated rings. The third-order valence-corrected chi connectivity index (χ3v) is 9.75. The highest BCUT2D eigenvalue weighted by Crippen LogP contribution is 2.64. The molecule has 5 aliphatic rings. The molecule has 38 heavy (non-hydrogen) atoms. The van der Waals surface area contributed by atoms with Crippen LogP contribution in [0.5, 0.6) is 11.5 Å². The van der Waals surface area contributed by atoms with E-state index in [-0.39, 0.29) is 29.4 Å². The van der Waals surface area contributed by atoms with Gasteiger partial charge >= 0.3 is 5.97 Å². The summed E-state index contributed by atoms with van der Waals surface area (Å²) in [6, 6.07) is 13.9. The molecule has 2 saturated carbocycles. The van der Waals surface area contributed by atoms with Crippen molar-refractivity contribution in [1.29, 1.82) is 0 Å². The van der Waals surface area contributed by atoms with E-state index < -0.39 is 0 Å². The highest BCUT2D eigenvalue weighted by atomic mass is 16.5. The molecule has 6 heteroatoms. The molecule has 2 aromatic carbocycles. The van der Waals surface area contributed by atoms with Crippen molar-refractivity contribution in [2.24, 2.45) is 11.8 Å². The molecule has 0 N–H and O–H groups in total. The third-order valence-electron chi connectivity index (χ3n) is 9.75. The molecule has 0 unspecified atom stereocenters. The normalized spacial score (nSPS) is 30.4. The van der Waals surface area contributed by atoms with Crippen LogP contribution in [-0.4, -0.2) is 60.0 Å². The second kappa shape index (κ2) is 8.88. The number of carbonyl (C=O) groups excluding carboxylic acids is 2. The van der Waals surface area contributed by atoms with Gasteiger partial charge in [0.05, 0.1) is 6.04 Å². The van der Waals surface area contributed by atoms with E-state index in [0.717, 1.165) is 61.6 Å². The first-order valence-corrected chi connectivity index (χ1v) is 14.0. The van der Waals surface area contributed by atoms with E-state index in [2.05, 4.69) is 16.7 Å². The standard InChI is InChI=1S/C32H34N2O4/c1-20(35)37-27-13-14-28-30-23(27)18-26-24-11-12-25(33(2)29(36)15-10-21-6-4-3-5-7-21)31(38-28)32(24,30)16-17-34(26)19-22-8-9-22/h3-7,13-14,22,24-26,31H,8-9,11-12,16-19H2,1-2H3/t24-,25+,26+,31-,32-/m0/s1. The minimum Gasteiger partial charge on any atom is -0.487 e. The minimum atomic E-state index is -0.292. The molecule has 7 rings (SSSR count). The van der Waals surface area contributed by atoms with Gasteiger partial charge in [0.15, 0.2) is 0 Å². The van der Waals surface area contributed by atoms with Gasteiger partial charge in [0, 0.05) is 54.6 Å². The number of nitrogens with zero attached hydrogens (tertiary/aromatic N) is 2. The molecule has 0 radical (unpaired) electrons. The molecule has 2 aromatic rings. The van der Waals surface area contributed by atoms with Crippen molar-refractivity contribution in [2.75, 3.05) is 20.1 Å². The number of amides is 1. The Morgan fingerprint density at radius 3 is 2.71 bits per heavy atom.